The van der Waals surface area contributed by atoms with E-state index in [1.807, 2.05) is 6.92 Å². The van der Waals surface area contributed by atoms with E-state index >= 15 is 0 Å². The standard InChI is InChI=1S/C5H11N.ClH/c1-5(2)6(3)4;/h1H2,2-4H3;1H. The van der Waals surface area contributed by atoms with Crippen molar-refractivity contribution >= 4 is 0 Å². The lowest BCUT2D eigenvalue weighted by Gasteiger charge is -2.01. The molecule has 0 spiro atoms. The largest absolute Gasteiger partial charge is 1.00 e. The highest BCUT2D eigenvalue weighted by Gasteiger charge is 1.86. The Balaban J connectivity index is 0. The Morgan fingerprint density at radius 3 is 1.57 bits per heavy atom. The van der Waals surface area contributed by atoms with E-state index in [1.165, 1.54) is 10.6 Å². The molecule has 0 saturated heterocycles. The van der Waals surface area contributed by atoms with Gasteiger partial charge in [0.05, 0.1) is 19.8 Å². The van der Waals surface area contributed by atoms with Crippen molar-refractivity contribution in [3.8, 4) is 0 Å². The maximum atomic E-state index is 3.72. The van der Waals surface area contributed by atoms with Crippen LogP contribution in [0.3, 0.4) is 0 Å². The number of quaternary nitrogens is 1. The van der Waals surface area contributed by atoms with Crippen LogP contribution < -0.4 is 17.3 Å². The summed E-state index contributed by atoms with van der Waals surface area (Å²) in [5, 5.41) is 0. The number of hydrogen-bond donors (Lipinski definition) is 1. The van der Waals surface area contributed by atoms with Crippen molar-refractivity contribution in [2.24, 2.45) is 0 Å². The summed E-state index contributed by atoms with van der Waals surface area (Å²) in [6, 6.07) is 0. The highest BCUT2D eigenvalue weighted by Crippen LogP contribution is 1.60. The van der Waals surface area contributed by atoms with Gasteiger partial charge in [0.2, 0.25) is 0 Å². The van der Waals surface area contributed by atoms with Crippen molar-refractivity contribution in [3.05, 3.63) is 12.3 Å². The summed E-state index contributed by atoms with van der Waals surface area (Å²) in [5.74, 6) is 0. The Kier molecular flexibility index (Phi) is 5.98. The number of halogens is 1. The highest BCUT2D eigenvalue weighted by atomic mass is 35.5. The van der Waals surface area contributed by atoms with Gasteiger partial charge in [0.1, 0.15) is 0 Å². The Morgan fingerprint density at radius 1 is 1.43 bits per heavy atom. The molecule has 1 N–H and O–H groups in total. The van der Waals surface area contributed by atoms with Crippen molar-refractivity contribution < 1.29 is 17.3 Å². The zero-order chi connectivity index (χ0) is 5.15. The molecule has 0 aromatic heterocycles. The van der Waals surface area contributed by atoms with Crippen molar-refractivity contribution in [3.63, 3.8) is 0 Å². The van der Waals surface area contributed by atoms with Crippen LogP contribution in [0.1, 0.15) is 6.92 Å². The van der Waals surface area contributed by atoms with Gasteiger partial charge in [-0.1, -0.05) is 0 Å². The van der Waals surface area contributed by atoms with Crippen LogP contribution in [0.5, 0.6) is 0 Å². The zero-order valence-electron chi connectivity index (χ0n) is 5.09. The van der Waals surface area contributed by atoms with Crippen LogP contribution in [0.25, 0.3) is 0 Å². The maximum absolute atomic E-state index is 3.72. The number of rotatable bonds is 1. The zero-order valence-corrected chi connectivity index (χ0v) is 5.84. The average Bonchev–Trinajstić information content (AvgIpc) is 1.36. The molecule has 1 nitrogen and oxygen atoms in total. The van der Waals surface area contributed by atoms with Crippen LogP contribution in [-0.4, -0.2) is 14.1 Å². The first-order valence-corrected chi connectivity index (χ1v) is 2.10. The second kappa shape index (κ2) is 4.16. The fraction of sp³-hybridized carbons (Fsp3) is 0.600. The van der Waals surface area contributed by atoms with Crippen LogP contribution in [-0.2, 0) is 0 Å². The van der Waals surface area contributed by atoms with E-state index in [0.29, 0.717) is 0 Å². The molecule has 0 rings (SSSR count). The molecule has 0 aliphatic rings. The van der Waals surface area contributed by atoms with Gasteiger partial charge in [0.15, 0.2) is 0 Å². The predicted octanol–water partition coefficient (Wildman–Crippen LogP) is -3.33. The predicted molar refractivity (Wildman–Crippen MR) is 27.6 cm³/mol. The van der Waals surface area contributed by atoms with Crippen molar-refractivity contribution in [2.45, 2.75) is 6.92 Å². The minimum atomic E-state index is 0. The average molecular weight is 122 g/mol. The molecule has 0 atom stereocenters. The Bertz CT molecular complexity index is 59.1. The third-order valence-electron chi connectivity index (χ3n) is 0.854. The van der Waals surface area contributed by atoms with E-state index in [1.54, 1.807) is 0 Å². The van der Waals surface area contributed by atoms with Gasteiger partial charge >= 0.3 is 0 Å². The molecule has 44 valence electrons. The van der Waals surface area contributed by atoms with Crippen LogP contribution in [0.4, 0.5) is 0 Å². The van der Waals surface area contributed by atoms with Gasteiger partial charge < -0.3 is 17.3 Å². The van der Waals surface area contributed by atoms with Gasteiger partial charge in [-0.25, -0.2) is 0 Å². The number of allylic oxidation sites excluding steroid dienone is 1. The Hall–Kier alpha value is -0.0100. The van der Waals surface area contributed by atoms with E-state index in [2.05, 4.69) is 20.7 Å². The molecule has 0 aromatic rings. The lowest BCUT2D eigenvalue weighted by atomic mass is 10.5. The first kappa shape index (κ1) is 10.1. The van der Waals surface area contributed by atoms with Crippen LogP contribution in [0.2, 0.25) is 0 Å². The molecule has 0 aliphatic heterocycles. The molecular formula is C5H12ClN. The molecule has 0 bridgehead atoms. The summed E-state index contributed by atoms with van der Waals surface area (Å²) in [4.78, 5) is 1.31. The molecule has 0 unspecified atom stereocenters. The highest BCUT2D eigenvalue weighted by molar-refractivity contribution is 4.68. The quantitative estimate of drug-likeness (QED) is 0.370. The van der Waals surface area contributed by atoms with E-state index in [4.69, 9.17) is 0 Å². The summed E-state index contributed by atoms with van der Waals surface area (Å²) in [7, 11) is 4.12. The summed E-state index contributed by atoms with van der Waals surface area (Å²) >= 11 is 0. The summed E-state index contributed by atoms with van der Waals surface area (Å²) < 4.78 is 0. The molecule has 2 heteroatoms. The second-order valence-corrected chi connectivity index (χ2v) is 1.78. The van der Waals surface area contributed by atoms with Crippen molar-refractivity contribution in [2.75, 3.05) is 14.1 Å². The Morgan fingerprint density at radius 2 is 1.57 bits per heavy atom. The van der Waals surface area contributed by atoms with E-state index in [0.717, 1.165) is 0 Å². The van der Waals surface area contributed by atoms with Crippen molar-refractivity contribution in [1.82, 2.24) is 0 Å². The molecule has 7 heavy (non-hydrogen) atoms. The molecule has 0 amide bonds. The fourth-order valence-corrected chi connectivity index (χ4v) is 0. The van der Waals surface area contributed by atoms with E-state index in [9.17, 15) is 0 Å². The summed E-state index contributed by atoms with van der Waals surface area (Å²) in [6.45, 7) is 5.73. The monoisotopic (exact) mass is 121 g/mol. The molecule has 0 heterocycles. The van der Waals surface area contributed by atoms with Gasteiger partial charge in [-0.3, -0.25) is 0 Å². The normalized spacial score (nSPS) is 8.00. The van der Waals surface area contributed by atoms with Gasteiger partial charge in [-0.05, 0) is 6.58 Å². The first-order valence-electron chi connectivity index (χ1n) is 2.10. The lowest BCUT2D eigenvalue weighted by Crippen LogP contribution is -3.03. The van der Waals surface area contributed by atoms with Crippen molar-refractivity contribution in [1.29, 1.82) is 0 Å². The lowest BCUT2D eigenvalue weighted by molar-refractivity contribution is -0.816. The fourth-order valence-electron chi connectivity index (χ4n) is 0. The van der Waals surface area contributed by atoms with Gasteiger partial charge in [-0.15, -0.1) is 0 Å². The minimum absolute atomic E-state index is 0. The molecule has 0 aromatic carbocycles. The SMILES string of the molecule is C=C(C)[NH+](C)C.[Cl-]. The molecule has 0 saturated carbocycles. The summed E-state index contributed by atoms with van der Waals surface area (Å²) in [6.07, 6.45) is 0. The molecule has 0 fully saturated rings. The van der Waals surface area contributed by atoms with Crippen LogP contribution in [0.15, 0.2) is 12.3 Å². The number of hydrogen-bond acceptors (Lipinski definition) is 0. The van der Waals surface area contributed by atoms with Gasteiger partial charge in [-0.2, -0.15) is 0 Å². The third-order valence-corrected chi connectivity index (χ3v) is 0.854. The Labute approximate surface area is 51.4 Å². The van der Waals surface area contributed by atoms with E-state index < -0.39 is 0 Å². The van der Waals surface area contributed by atoms with E-state index in [-0.39, 0.29) is 12.4 Å². The van der Waals surface area contributed by atoms with Crippen LogP contribution >= 0.6 is 0 Å². The maximum Gasteiger partial charge on any atom is 0.0963 e. The summed E-state index contributed by atoms with van der Waals surface area (Å²) in [5.41, 5.74) is 1.18. The van der Waals surface area contributed by atoms with Gasteiger partial charge in [0, 0.05) is 6.92 Å². The molecular weight excluding hydrogens is 110 g/mol. The number of nitrogens with one attached hydrogen (secondary N) is 1. The topological polar surface area (TPSA) is 4.44 Å². The second-order valence-electron chi connectivity index (χ2n) is 1.78. The molecule has 0 aliphatic carbocycles. The third kappa shape index (κ3) is 5.99. The van der Waals surface area contributed by atoms with Crippen LogP contribution in [0, 0.1) is 0 Å². The smallest absolute Gasteiger partial charge is 0.0963 e. The molecule has 0 radical (unpaired) electrons. The first-order chi connectivity index (χ1) is 2.64. The van der Waals surface area contributed by atoms with Gasteiger partial charge in [0.25, 0.3) is 0 Å². The minimum Gasteiger partial charge on any atom is -1.00 e.